The van der Waals surface area contributed by atoms with Gasteiger partial charge >= 0.3 is 0 Å². The summed E-state index contributed by atoms with van der Waals surface area (Å²) in [6.45, 7) is 3.68. The summed E-state index contributed by atoms with van der Waals surface area (Å²) < 4.78 is 1.67. The lowest BCUT2D eigenvalue weighted by Crippen LogP contribution is -2.04. The van der Waals surface area contributed by atoms with E-state index in [1.165, 1.54) is 0 Å². The lowest BCUT2D eigenvalue weighted by molar-refractivity contribution is 0.770. The number of nitrogens with one attached hydrogen (secondary N) is 1. The molecule has 0 radical (unpaired) electrons. The van der Waals surface area contributed by atoms with Gasteiger partial charge in [-0.25, -0.2) is 0 Å². The first kappa shape index (κ1) is 11.1. The summed E-state index contributed by atoms with van der Waals surface area (Å²) in [6, 6.07) is 3.94. The van der Waals surface area contributed by atoms with Crippen molar-refractivity contribution >= 4 is 11.6 Å². The number of nitriles is 1. The molecule has 0 fully saturated rings. The summed E-state index contributed by atoms with van der Waals surface area (Å²) in [4.78, 5) is 0. The third kappa shape index (κ3) is 2.08. The minimum Gasteiger partial charge on any atom is -0.321 e. The van der Waals surface area contributed by atoms with E-state index in [-0.39, 0.29) is 0 Å². The van der Waals surface area contributed by atoms with E-state index in [2.05, 4.69) is 26.7 Å². The molecular formula is C11H12N6. The zero-order chi connectivity index (χ0) is 12.4. The summed E-state index contributed by atoms with van der Waals surface area (Å²) in [5.41, 5.74) is 2.09. The molecule has 0 aliphatic carbocycles. The van der Waals surface area contributed by atoms with E-state index in [1.54, 1.807) is 10.7 Å². The second-order valence-electron chi connectivity index (χ2n) is 3.75. The monoisotopic (exact) mass is 228 g/mol. The van der Waals surface area contributed by atoms with Gasteiger partial charge in [-0.3, -0.25) is 4.68 Å². The normalized spacial score (nSPS) is 10.0. The van der Waals surface area contributed by atoms with E-state index in [4.69, 9.17) is 5.26 Å². The predicted octanol–water partition coefficient (Wildman–Crippen LogP) is 1.44. The van der Waals surface area contributed by atoms with Crippen molar-refractivity contribution in [1.29, 1.82) is 5.26 Å². The minimum atomic E-state index is 0.439. The van der Waals surface area contributed by atoms with Crippen LogP contribution in [-0.2, 0) is 7.05 Å². The first-order chi connectivity index (χ1) is 8.11. The molecule has 0 aliphatic heterocycles. The molecule has 2 aromatic rings. The van der Waals surface area contributed by atoms with Gasteiger partial charge in [-0.1, -0.05) is 0 Å². The maximum absolute atomic E-state index is 9.12. The van der Waals surface area contributed by atoms with Crippen LogP contribution in [0.3, 0.4) is 0 Å². The van der Waals surface area contributed by atoms with Crippen LogP contribution >= 0.6 is 0 Å². The highest BCUT2D eigenvalue weighted by atomic mass is 15.3. The fourth-order valence-corrected chi connectivity index (χ4v) is 1.44. The topological polar surface area (TPSA) is 79.4 Å². The average Bonchev–Trinajstić information content (AvgIpc) is 2.70. The molecule has 2 aromatic heterocycles. The van der Waals surface area contributed by atoms with E-state index in [1.807, 2.05) is 27.1 Å². The number of aromatic nitrogens is 4. The molecule has 0 spiro atoms. The van der Waals surface area contributed by atoms with Crippen LogP contribution in [0.1, 0.15) is 16.8 Å². The van der Waals surface area contributed by atoms with Crippen LogP contribution in [0, 0.1) is 25.2 Å². The molecule has 0 atom stereocenters. The second kappa shape index (κ2) is 4.22. The van der Waals surface area contributed by atoms with Gasteiger partial charge in [0.05, 0.1) is 5.69 Å². The van der Waals surface area contributed by atoms with Gasteiger partial charge in [0.2, 0.25) is 0 Å². The third-order valence-corrected chi connectivity index (χ3v) is 2.53. The first-order valence-corrected chi connectivity index (χ1v) is 5.12. The number of rotatable bonds is 2. The predicted molar refractivity (Wildman–Crippen MR) is 62.7 cm³/mol. The molecule has 0 bridgehead atoms. The van der Waals surface area contributed by atoms with Crippen LogP contribution in [0.25, 0.3) is 0 Å². The van der Waals surface area contributed by atoms with Crippen molar-refractivity contribution in [2.75, 3.05) is 5.32 Å². The fraction of sp³-hybridized carbons (Fsp3) is 0.273. The van der Waals surface area contributed by atoms with Gasteiger partial charge in [0.1, 0.15) is 11.6 Å². The first-order valence-electron chi connectivity index (χ1n) is 5.12. The SMILES string of the molecule is Cc1nnc(Nc2ccn(C)n2)c(C#N)c1C. The molecule has 2 rings (SSSR count). The Morgan fingerprint density at radius 2 is 2.12 bits per heavy atom. The molecule has 6 nitrogen and oxygen atoms in total. The van der Waals surface area contributed by atoms with Crippen LogP contribution < -0.4 is 5.32 Å². The highest BCUT2D eigenvalue weighted by Gasteiger charge is 2.11. The maximum atomic E-state index is 9.12. The Morgan fingerprint density at radius 3 is 2.71 bits per heavy atom. The molecule has 0 amide bonds. The largest absolute Gasteiger partial charge is 0.321 e. The lowest BCUT2D eigenvalue weighted by Gasteiger charge is -2.07. The van der Waals surface area contributed by atoms with Gasteiger partial charge in [0, 0.05) is 19.3 Å². The number of hydrogen-bond acceptors (Lipinski definition) is 5. The van der Waals surface area contributed by atoms with Crippen molar-refractivity contribution < 1.29 is 0 Å². The molecule has 0 aromatic carbocycles. The summed E-state index contributed by atoms with van der Waals surface area (Å²) >= 11 is 0. The molecule has 0 saturated carbocycles. The van der Waals surface area contributed by atoms with Crippen molar-refractivity contribution in [2.24, 2.45) is 7.05 Å². The average molecular weight is 228 g/mol. The molecule has 2 heterocycles. The Bertz CT molecular complexity index is 592. The van der Waals surface area contributed by atoms with Gasteiger partial charge in [0.15, 0.2) is 11.6 Å². The van der Waals surface area contributed by atoms with E-state index in [0.717, 1.165) is 11.3 Å². The van der Waals surface area contributed by atoms with Crippen LogP contribution in [0.2, 0.25) is 0 Å². The van der Waals surface area contributed by atoms with Crippen molar-refractivity contribution in [1.82, 2.24) is 20.0 Å². The van der Waals surface area contributed by atoms with Crippen molar-refractivity contribution in [3.63, 3.8) is 0 Å². The zero-order valence-electron chi connectivity index (χ0n) is 9.89. The summed E-state index contributed by atoms with van der Waals surface area (Å²) in [6.07, 6.45) is 1.81. The van der Waals surface area contributed by atoms with Gasteiger partial charge in [-0.05, 0) is 19.4 Å². The van der Waals surface area contributed by atoms with Gasteiger partial charge < -0.3 is 5.32 Å². The zero-order valence-corrected chi connectivity index (χ0v) is 9.89. The van der Waals surface area contributed by atoms with Crippen LogP contribution in [0.4, 0.5) is 11.6 Å². The van der Waals surface area contributed by atoms with E-state index in [9.17, 15) is 0 Å². The highest BCUT2D eigenvalue weighted by molar-refractivity contribution is 5.61. The number of hydrogen-bond donors (Lipinski definition) is 1. The summed E-state index contributed by atoms with van der Waals surface area (Å²) in [5, 5.41) is 24.2. The second-order valence-corrected chi connectivity index (χ2v) is 3.75. The Morgan fingerprint density at radius 1 is 1.35 bits per heavy atom. The van der Waals surface area contributed by atoms with E-state index < -0.39 is 0 Å². The quantitative estimate of drug-likeness (QED) is 0.841. The summed E-state index contributed by atoms with van der Waals surface area (Å²) in [7, 11) is 1.82. The van der Waals surface area contributed by atoms with Gasteiger partial charge in [0.25, 0.3) is 0 Å². The van der Waals surface area contributed by atoms with Crippen LogP contribution in [0.15, 0.2) is 12.3 Å². The van der Waals surface area contributed by atoms with Crippen molar-refractivity contribution in [3.05, 3.63) is 29.1 Å². The molecule has 0 aliphatic rings. The number of anilines is 2. The van der Waals surface area contributed by atoms with E-state index >= 15 is 0 Å². The number of nitrogens with zero attached hydrogens (tertiary/aromatic N) is 5. The van der Waals surface area contributed by atoms with Crippen LogP contribution in [-0.4, -0.2) is 20.0 Å². The molecule has 0 unspecified atom stereocenters. The Hall–Kier alpha value is -2.42. The molecule has 1 N–H and O–H groups in total. The summed E-state index contributed by atoms with van der Waals surface area (Å²) in [5.74, 6) is 1.08. The fourth-order valence-electron chi connectivity index (χ4n) is 1.44. The Kier molecular flexibility index (Phi) is 2.75. The Labute approximate surface area is 98.9 Å². The molecule has 0 saturated heterocycles. The molecular weight excluding hydrogens is 216 g/mol. The minimum absolute atomic E-state index is 0.439. The lowest BCUT2D eigenvalue weighted by atomic mass is 10.1. The van der Waals surface area contributed by atoms with E-state index in [0.29, 0.717) is 17.2 Å². The van der Waals surface area contributed by atoms with Crippen molar-refractivity contribution in [2.45, 2.75) is 13.8 Å². The van der Waals surface area contributed by atoms with Crippen molar-refractivity contribution in [3.8, 4) is 6.07 Å². The van der Waals surface area contributed by atoms with Gasteiger partial charge in [-0.2, -0.15) is 15.5 Å². The molecule has 17 heavy (non-hydrogen) atoms. The smallest absolute Gasteiger partial charge is 0.172 e. The molecule has 86 valence electrons. The highest BCUT2D eigenvalue weighted by Crippen LogP contribution is 2.20. The van der Waals surface area contributed by atoms with Gasteiger partial charge in [-0.15, -0.1) is 5.10 Å². The number of aryl methyl sites for hydroxylation is 2. The standard InChI is InChI=1S/C11H12N6/c1-7-8(2)14-15-11(9(7)6-12)13-10-4-5-17(3)16-10/h4-5H,1-3H3,(H,13,15,16). The third-order valence-electron chi connectivity index (χ3n) is 2.53. The maximum Gasteiger partial charge on any atom is 0.172 e. The molecule has 6 heteroatoms. The Balaban J connectivity index is 2.40. The van der Waals surface area contributed by atoms with Crippen LogP contribution in [0.5, 0.6) is 0 Å².